The molecule has 1 aliphatic heterocycles. The summed E-state index contributed by atoms with van der Waals surface area (Å²) in [4.78, 5) is 0. The van der Waals surface area contributed by atoms with Crippen LogP contribution in [0.4, 0.5) is 0 Å². The molecule has 0 spiro atoms. The topological polar surface area (TPSA) is 21.3 Å². The highest BCUT2D eigenvalue weighted by Crippen LogP contribution is 2.19. The lowest BCUT2D eigenvalue weighted by Gasteiger charge is -2.37. The smallest absolute Gasteiger partial charge is 0.113 e. The summed E-state index contributed by atoms with van der Waals surface area (Å²) in [6, 6.07) is 0. The minimum atomic E-state index is -0.106. The third-order valence-corrected chi connectivity index (χ3v) is 2.39. The molecule has 66 valence electrons. The highest BCUT2D eigenvalue weighted by Gasteiger charge is 2.27. The Morgan fingerprint density at radius 2 is 2.09 bits per heavy atom. The molecule has 1 N–H and O–H groups in total. The van der Waals surface area contributed by atoms with Crippen LogP contribution < -0.4 is 5.32 Å². The average molecular weight is 157 g/mol. The molecule has 0 bridgehead atoms. The van der Waals surface area contributed by atoms with Gasteiger partial charge >= 0.3 is 0 Å². The van der Waals surface area contributed by atoms with Crippen LogP contribution in [0, 0.1) is 11.8 Å². The van der Waals surface area contributed by atoms with Gasteiger partial charge in [-0.1, -0.05) is 13.8 Å². The monoisotopic (exact) mass is 157 g/mol. The molecule has 0 aliphatic carbocycles. The summed E-state index contributed by atoms with van der Waals surface area (Å²) >= 11 is 0. The fourth-order valence-corrected chi connectivity index (χ4v) is 1.23. The second-order valence-corrected chi connectivity index (χ2v) is 4.21. The van der Waals surface area contributed by atoms with E-state index in [0.29, 0.717) is 5.92 Å². The van der Waals surface area contributed by atoms with Gasteiger partial charge in [0.25, 0.3) is 0 Å². The van der Waals surface area contributed by atoms with Crippen molar-refractivity contribution in [1.29, 1.82) is 0 Å². The van der Waals surface area contributed by atoms with Crippen molar-refractivity contribution in [3.8, 4) is 0 Å². The Morgan fingerprint density at radius 3 is 2.45 bits per heavy atom. The highest BCUT2D eigenvalue weighted by molar-refractivity contribution is 4.77. The lowest BCUT2D eigenvalue weighted by Crippen LogP contribution is -2.51. The molecule has 0 amide bonds. The van der Waals surface area contributed by atoms with Gasteiger partial charge in [0.05, 0.1) is 6.61 Å². The normalized spacial score (nSPS) is 30.8. The molecule has 2 nitrogen and oxygen atoms in total. The Labute approximate surface area is 69.3 Å². The SMILES string of the molecule is CC(C)C1CNC(C)(C)OC1. The van der Waals surface area contributed by atoms with Crippen molar-refractivity contribution in [3.05, 3.63) is 0 Å². The van der Waals surface area contributed by atoms with Crippen LogP contribution in [-0.4, -0.2) is 18.9 Å². The van der Waals surface area contributed by atoms with Gasteiger partial charge in [0.15, 0.2) is 0 Å². The molecule has 0 aromatic rings. The molecule has 1 unspecified atom stereocenters. The lowest BCUT2D eigenvalue weighted by molar-refractivity contribution is -0.0987. The van der Waals surface area contributed by atoms with Crippen LogP contribution in [0.2, 0.25) is 0 Å². The minimum Gasteiger partial charge on any atom is -0.361 e. The zero-order chi connectivity index (χ0) is 8.48. The molecule has 1 rings (SSSR count). The number of ether oxygens (including phenoxy) is 1. The maximum Gasteiger partial charge on any atom is 0.113 e. The number of nitrogens with one attached hydrogen (secondary N) is 1. The first-order valence-corrected chi connectivity index (χ1v) is 4.40. The summed E-state index contributed by atoms with van der Waals surface area (Å²) in [6.45, 7) is 10.6. The van der Waals surface area contributed by atoms with Crippen LogP contribution in [0.25, 0.3) is 0 Å². The zero-order valence-corrected chi connectivity index (χ0v) is 7.98. The molecule has 1 aliphatic rings. The maximum atomic E-state index is 5.63. The predicted molar refractivity (Wildman–Crippen MR) is 46.4 cm³/mol. The lowest BCUT2D eigenvalue weighted by atomic mass is 9.95. The standard InChI is InChI=1S/C9H19NO/c1-7(2)8-5-10-9(3,4)11-6-8/h7-8,10H,5-6H2,1-4H3. The molecular weight excluding hydrogens is 138 g/mol. The Kier molecular flexibility index (Phi) is 2.55. The van der Waals surface area contributed by atoms with E-state index < -0.39 is 0 Å². The fraction of sp³-hybridized carbons (Fsp3) is 1.00. The molecule has 1 fully saturated rings. The maximum absolute atomic E-state index is 5.63. The molecule has 0 radical (unpaired) electrons. The summed E-state index contributed by atoms with van der Waals surface area (Å²) in [5.74, 6) is 1.40. The van der Waals surface area contributed by atoms with Crippen molar-refractivity contribution in [2.45, 2.75) is 33.4 Å². The van der Waals surface area contributed by atoms with Crippen molar-refractivity contribution < 1.29 is 4.74 Å². The molecule has 2 heteroatoms. The van der Waals surface area contributed by atoms with Gasteiger partial charge in [0.1, 0.15) is 5.72 Å². The quantitative estimate of drug-likeness (QED) is 0.624. The van der Waals surface area contributed by atoms with Gasteiger partial charge in [-0.3, -0.25) is 5.32 Å². The van der Waals surface area contributed by atoms with E-state index >= 15 is 0 Å². The second-order valence-electron chi connectivity index (χ2n) is 4.21. The largest absolute Gasteiger partial charge is 0.361 e. The molecule has 0 aromatic heterocycles. The predicted octanol–water partition coefficient (Wildman–Crippen LogP) is 1.61. The number of hydrogen-bond donors (Lipinski definition) is 1. The molecule has 1 heterocycles. The molecule has 1 saturated heterocycles. The van der Waals surface area contributed by atoms with Crippen LogP contribution >= 0.6 is 0 Å². The van der Waals surface area contributed by atoms with Crippen LogP contribution in [0.5, 0.6) is 0 Å². The Morgan fingerprint density at radius 1 is 1.45 bits per heavy atom. The highest BCUT2D eigenvalue weighted by atomic mass is 16.5. The number of hydrogen-bond acceptors (Lipinski definition) is 2. The van der Waals surface area contributed by atoms with E-state index in [-0.39, 0.29) is 5.72 Å². The van der Waals surface area contributed by atoms with Gasteiger partial charge in [-0.2, -0.15) is 0 Å². The van der Waals surface area contributed by atoms with Crippen molar-refractivity contribution in [2.24, 2.45) is 11.8 Å². The van der Waals surface area contributed by atoms with Crippen LogP contribution in [0.3, 0.4) is 0 Å². The fourth-order valence-electron chi connectivity index (χ4n) is 1.23. The number of rotatable bonds is 1. The Balaban J connectivity index is 2.36. The van der Waals surface area contributed by atoms with Crippen LogP contribution in [-0.2, 0) is 4.74 Å². The second kappa shape index (κ2) is 3.11. The van der Waals surface area contributed by atoms with E-state index in [0.717, 1.165) is 19.1 Å². The van der Waals surface area contributed by atoms with E-state index in [1.54, 1.807) is 0 Å². The Hall–Kier alpha value is -0.0800. The first kappa shape index (κ1) is 9.01. The van der Waals surface area contributed by atoms with Gasteiger partial charge in [-0.25, -0.2) is 0 Å². The van der Waals surface area contributed by atoms with Gasteiger partial charge in [0.2, 0.25) is 0 Å². The van der Waals surface area contributed by atoms with E-state index in [4.69, 9.17) is 4.74 Å². The van der Waals surface area contributed by atoms with Gasteiger partial charge < -0.3 is 4.74 Å². The molecule has 11 heavy (non-hydrogen) atoms. The third-order valence-electron chi connectivity index (χ3n) is 2.39. The van der Waals surface area contributed by atoms with Gasteiger partial charge in [-0.05, 0) is 25.7 Å². The molecule has 0 saturated carbocycles. The molecular formula is C9H19NO. The van der Waals surface area contributed by atoms with Crippen molar-refractivity contribution in [1.82, 2.24) is 5.32 Å². The Bertz CT molecular complexity index is 122. The van der Waals surface area contributed by atoms with E-state index in [1.807, 2.05) is 0 Å². The summed E-state index contributed by atoms with van der Waals surface area (Å²) in [5.41, 5.74) is -0.106. The van der Waals surface area contributed by atoms with E-state index in [9.17, 15) is 0 Å². The first-order chi connectivity index (χ1) is 5.01. The summed E-state index contributed by atoms with van der Waals surface area (Å²) in [7, 11) is 0. The van der Waals surface area contributed by atoms with Crippen molar-refractivity contribution in [2.75, 3.05) is 13.2 Å². The van der Waals surface area contributed by atoms with Gasteiger partial charge in [-0.15, -0.1) is 0 Å². The zero-order valence-electron chi connectivity index (χ0n) is 7.98. The third kappa shape index (κ3) is 2.46. The van der Waals surface area contributed by atoms with Crippen molar-refractivity contribution in [3.63, 3.8) is 0 Å². The molecule has 0 aromatic carbocycles. The summed E-state index contributed by atoms with van der Waals surface area (Å²) < 4.78 is 5.63. The van der Waals surface area contributed by atoms with Crippen LogP contribution in [0.15, 0.2) is 0 Å². The minimum absolute atomic E-state index is 0.106. The van der Waals surface area contributed by atoms with Gasteiger partial charge in [0, 0.05) is 6.54 Å². The molecule has 1 atom stereocenters. The summed E-state index contributed by atoms with van der Waals surface area (Å²) in [6.07, 6.45) is 0. The first-order valence-electron chi connectivity index (χ1n) is 4.40. The van der Waals surface area contributed by atoms with Crippen LogP contribution in [0.1, 0.15) is 27.7 Å². The average Bonchev–Trinajstić information content (AvgIpc) is 1.86. The van der Waals surface area contributed by atoms with E-state index in [1.165, 1.54) is 0 Å². The van der Waals surface area contributed by atoms with E-state index in [2.05, 4.69) is 33.0 Å². The summed E-state index contributed by atoms with van der Waals surface area (Å²) in [5, 5.41) is 3.37. The van der Waals surface area contributed by atoms with Crippen molar-refractivity contribution >= 4 is 0 Å².